The van der Waals surface area contributed by atoms with Crippen molar-refractivity contribution in [3.05, 3.63) is 35.8 Å². The standard InChI is InChI=1S/C11H12FNO/c1-13-5-4-8-7-14-11-3-2-9(12)6-10(8)11/h2-3,6-7,13H,4-5H2,1H3. The highest BCUT2D eigenvalue weighted by atomic mass is 19.1. The van der Waals surface area contributed by atoms with E-state index in [0.29, 0.717) is 0 Å². The van der Waals surface area contributed by atoms with Crippen LogP contribution < -0.4 is 5.32 Å². The maximum absolute atomic E-state index is 13.0. The summed E-state index contributed by atoms with van der Waals surface area (Å²) in [5, 5.41) is 3.93. The topological polar surface area (TPSA) is 25.2 Å². The van der Waals surface area contributed by atoms with Crippen molar-refractivity contribution in [1.82, 2.24) is 5.32 Å². The van der Waals surface area contributed by atoms with Gasteiger partial charge in [-0.2, -0.15) is 0 Å². The third-order valence-corrected chi connectivity index (χ3v) is 2.26. The van der Waals surface area contributed by atoms with E-state index >= 15 is 0 Å². The van der Waals surface area contributed by atoms with E-state index in [1.807, 2.05) is 7.05 Å². The Morgan fingerprint density at radius 1 is 1.43 bits per heavy atom. The van der Waals surface area contributed by atoms with E-state index in [-0.39, 0.29) is 5.82 Å². The summed E-state index contributed by atoms with van der Waals surface area (Å²) in [6, 6.07) is 4.59. The summed E-state index contributed by atoms with van der Waals surface area (Å²) in [7, 11) is 1.89. The molecule has 2 nitrogen and oxygen atoms in total. The van der Waals surface area contributed by atoms with Crippen molar-refractivity contribution in [3.8, 4) is 0 Å². The molecular formula is C11H12FNO. The van der Waals surface area contributed by atoms with E-state index in [9.17, 15) is 4.39 Å². The van der Waals surface area contributed by atoms with Crippen LogP contribution >= 0.6 is 0 Å². The van der Waals surface area contributed by atoms with Gasteiger partial charge in [0.1, 0.15) is 11.4 Å². The third-order valence-electron chi connectivity index (χ3n) is 2.26. The first-order valence-corrected chi connectivity index (χ1v) is 4.61. The first-order chi connectivity index (χ1) is 6.81. The molecule has 1 aromatic carbocycles. The molecule has 0 saturated heterocycles. The molecule has 0 radical (unpaired) electrons. The molecule has 0 bridgehead atoms. The molecule has 0 fully saturated rings. The monoisotopic (exact) mass is 193 g/mol. The van der Waals surface area contributed by atoms with Gasteiger partial charge < -0.3 is 9.73 Å². The van der Waals surface area contributed by atoms with Crippen LogP contribution in [0.15, 0.2) is 28.9 Å². The van der Waals surface area contributed by atoms with Crippen LogP contribution in [0.1, 0.15) is 5.56 Å². The number of furan rings is 1. The van der Waals surface area contributed by atoms with Crippen molar-refractivity contribution >= 4 is 11.0 Å². The maximum Gasteiger partial charge on any atom is 0.134 e. The number of rotatable bonds is 3. The molecule has 0 aliphatic carbocycles. The van der Waals surface area contributed by atoms with Crippen LogP contribution in [0.25, 0.3) is 11.0 Å². The first-order valence-electron chi connectivity index (χ1n) is 4.61. The molecular weight excluding hydrogens is 181 g/mol. The summed E-state index contributed by atoms with van der Waals surface area (Å²) in [6.45, 7) is 0.866. The SMILES string of the molecule is CNCCc1coc2ccc(F)cc12. The van der Waals surface area contributed by atoms with Crippen LogP contribution in [0.5, 0.6) is 0 Å². The zero-order valence-electron chi connectivity index (χ0n) is 8.01. The Morgan fingerprint density at radius 2 is 2.29 bits per heavy atom. The van der Waals surface area contributed by atoms with Crippen molar-refractivity contribution in [2.75, 3.05) is 13.6 Å². The second-order valence-corrected chi connectivity index (χ2v) is 3.25. The average Bonchev–Trinajstić information content (AvgIpc) is 2.57. The molecule has 0 amide bonds. The second-order valence-electron chi connectivity index (χ2n) is 3.25. The van der Waals surface area contributed by atoms with Gasteiger partial charge in [0.25, 0.3) is 0 Å². The summed E-state index contributed by atoms with van der Waals surface area (Å²) < 4.78 is 18.3. The van der Waals surface area contributed by atoms with Crippen molar-refractivity contribution in [2.45, 2.75) is 6.42 Å². The van der Waals surface area contributed by atoms with Crippen LogP contribution in [-0.2, 0) is 6.42 Å². The number of hydrogen-bond donors (Lipinski definition) is 1. The Kier molecular flexibility index (Phi) is 2.50. The van der Waals surface area contributed by atoms with Gasteiger partial charge in [-0.05, 0) is 43.8 Å². The molecule has 0 aliphatic rings. The minimum atomic E-state index is -0.218. The fraction of sp³-hybridized carbons (Fsp3) is 0.273. The van der Waals surface area contributed by atoms with E-state index in [1.165, 1.54) is 12.1 Å². The van der Waals surface area contributed by atoms with Gasteiger partial charge in [-0.3, -0.25) is 0 Å². The number of benzene rings is 1. The van der Waals surface area contributed by atoms with Gasteiger partial charge in [-0.1, -0.05) is 0 Å². The molecule has 3 heteroatoms. The minimum Gasteiger partial charge on any atom is -0.464 e. The second kappa shape index (κ2) is 3.80. The molecule has 2 aromatic rings. The van der Waals surface area contributed by atoms with Gasteiger partial charge in [0.05, 0.1) is 6.26 Å². The van der Waals surface area contributed by atoms with Gasteiger partial charge >= 0.3 is 0 Å². The van der Waals surface area contributed by atoms with Crippen molar-refractivity contribution in [2.24, 2.45) is 0 Å². The zero-order chi connectivity index (χ0) is 9.97. The fourth-order valence-corrected chi connectivity index (χ4v) is 1.51. The first kappa shape index (κ1) is 9.21. The lowest BCUT2D eigenvalue weighted by Crippen LogP contribution is -2.09. The van der Waals surface area contributed by atoms with Gasteiger partial charge in [0, 0.05) is 5.39 Å². The quantitative estimate of drug-likeness (QED) is 0.809. The highest BCUT2D eigenvalue weighted by Crippen LogP contribution is 2.22. The van der Waals surface area contributed by atoms with E-state index in [2.05, 4.69) is 5.32 Å². The van der Waals surface area contributed by atoms with E-state index in [4.69, 9.17) is 4.42 Å². The van der Waals surface area contributed by atoms with Crippen LogP contribution in [-0.4, -0.2) is 13.6 Å². The van der Waals surface area contributed by atoms with E-state index < -0.39 is 0 Å². The van der Waals surface area contributed by atoms with Crippen molar-refractivity contribution < 1.29 is 8.81 Å². The maximum atomic E-state index is 13.0. The molecule has 1 N–H and O–H groups in total. The van der Waals surface area contributed by atoms with Crippen LogP contribution in [0.2, 0.25) is 0 Å². The molecule has 1 aromatic heterocycles. The number of nitrogens with one attached hydrogen (secondary N) is 1. The van der Waals surface area contributed by atoms with Gasteiger partial charge in [0.2, 0.25) is 0 Å². The normalized spacial score (nSPS) is 11.0. The summed E-state index contributed by atoms with van der Waals surface area (Å²) in [5.74, 6) is -0.218. The largest absolute Gasteiger partial charge is 0.464 e. The lowest BCUT2D eigenvalue weighted by Gasteiger charge is -1.96. The number of likely N-dealkylation sites (N-methyl/N-ethyl adjacent to an activating group) is 1. The molecule has 0 atom stereocenters. The Bertz CT molecular complexity index is 436. The lowest BCUT2D eigenvalue weighted by molar-refractivity contribution is 0.605. The highest BCUT2D eigenvalue weighted by Gasteiger charge is 2.05. The molecule has 0 unspecified atom stereocenters. The van der Waals surface area contributed by atoms with Crippen LogP contribution in [0.3, 0.4) is 0 Å². The average molecular weight is 193 g/mol. The third kappa shape index (κ3) is 1.63. The molecule has 74 valence electrons. The lowest BCUT2D eigenvalue weighted by atomic mass is 10.1. The summed E-state index contributed by atoms with van der Waals surface area (Å²) in [4.78, 5) is 0. The predicted molar refractivity (Wildman–Crippen MR) is 53.8 cm³/mol. The Balaban J connectivity index is 2.40. The van der Waals surface area contributed by atoms with E-state index in [0.717, 1.165) is 29.5 Å². The Morgan fingerprint density at radius 3 is 3.07 bits per heavy atom. The molecule has 2 rings (SSSR count). The Labute approximate surface area is 81.7 Å². The molecule has 0 spiro atoms. The van der Waals surface area contributed by atoms with Crippen LogP contribution in [0, 0.1) is 5.82 Å². The number of fused-ring (bicyclic) bond motifs is 1. The van der Waals surface area contributed by atoms with Crippen LogP contribution in [0.4, 0.5) is 4.39 Å². The van der Waals surface area contributed by atoms with Crippen molar-refractivity contribution in [3.63, 3.8) is 0 Å². The smallest absolute Gasteiger partial charge is 0.134 e. The van der Waals surface area contributed by atoms with E-state index in [1.54, 1.807) is 12.3 Å². The summed E-state index contributed by atoms with van der Waals surface area (Å²) >= 11 is 0. The van der Waals surface area contributed by atoms with Gasteiger partial charge in [0.15, 0.2) is 0 Å². The molecule has 14 heavy (non-hydrogen) atoms. The Hall–Kier alpha value is -1.35. The molecule has 0 aliphatic heterocycles. The molecule has 0 saturated carbocycles. The van der Waals surface area contributed by atoms with Crippen molar-refractivity contribution in [1.29, 1.82) is 0 Å². The summed E-state index contributed by atoms with van der Waals surface area (Å²) in [6.07, 6.45) is 2.55. The highest BCUT2D eigenvalue weighted by molar-refractivity contribution is 5.81. The fourth-order valence-electron chi connectivity index (χ4n) is 1.51. The molecule has 1 heterocycles. The van der Waals surface area contributed by atoms with Gasteiger partial charge in [-0.15, -0.1) is 0 Å². The number of hydrogen-bond acceptors (Lipinski definition) is 2. The predicted octanol–water partition coefficient (Wildman–Crippen LogP) is 2.33. The van der Waals surface area contributed by atoms with Gasteiger partial charge in [-0.25, -0.2) is 4.39 Å². The zero-order valence-corrected chi connectivity index (χ0v) is 8.01. The summed E-state index contributed by atoms with van der Waals surface area (Å²) in [5.41, 5.74) is 1.80. The number of halogens is 1. The minimum absolute atomic E-state index is 0.218.